The molecule has 0 aliphatic rings. The van der Waals surface area contributed by atoms with Gasteiger partial charge in [0.2, 0.25) is 0 Å². The van der Waals surface area contributed by atoms with E-state index in [1.807, 2.05) is 18.3 Å². The van der Waals surface area contributed by atoms with Crippen LogP contribution >= 0.6 is 0 Å². The number of hydrogen-bond donors (Lipinski definition) is 0. The molecule has 5 aromatic rings. The van der Waals surface area contributed by atoms with Crippen LogP contribution in [0, 0.1) is 0 Å². The molecule has 0 unspecified atom stereocenters. The number of nitrogens with zero attached hydrogens (tertiary/aromatic N) is 1. The average Bonchev–Trinajstić information content (AvgIpc) is 2.73. The molecule has 0 bridgehead atoms. The van der Waals surface area contributed by atoms with Gasteiger partial charge in [0, 0.05) is 11.8 Å². The van der Waals surface area contributed by atoms with Crippen LogP contribution in [0.4, 0.5) is 0 Å². The molecule has 136 valence electrons. The third kappa shape index (κ3) is 2.66. The fraction of sp³-hybridized carbons (Fsp3) is 0.148. The molecule has 0 atom stereocenters. The van der Waals surface area contributed by atoms with Crippen molar-refractivity contribution in [3.63, 3.8) is 0 Å². The summed E-state index contributed by atoms with van der Waals surface area (Å²) in [6.45, 7) is 6.82. The largest absolute Gasteiger partial charge is 0.256 e. The summed E-state index contributed by atoms with van der Waals surface area (Å²) in [5, 5.41) is 7.85. The Hall–Kier alpha value is -3.19. The molecule has 28 heavy (non-hydrogen) atoms. The molecule has 0 radical (unpaired) electrons. The van der Waals surface area contributed by atoms with E-state index < -0.39 is 0 Å². The third-order valence-corrected chi connectivity index (χ3v) is 5.66. The fourth-order valence-electron chi connectivity index (χ4n) is 4.12. The number of pyridine rings is 1. The van der Waals surface area contributed by atoms with Gasteiger partial charge in [-0.3, -0.25) is 4.98 Å². The molecule has 1 heteroatoms. The number of aromatic nitrogens is 1. The van der Waals surface area contributed by atoms with Crippen molar-refractivity contribution >= 4 is 32.3 Å². The van der Waals surface area contributed by atoms with Crippen molar-refractivity contribution in [2.45, 2.75) is 26.2 Å². The Morgan fingerprint density at radius 2 is 1.18 bits per heavy atom. The lowest BCUT2D eigenvalue weighted by Crippen LogP contribution is -2.10. The molecule has 1 aromatic heterocycles. The van der Waals surface area contributed by atoms with E-state index >= 15 is 0 Å². The Bertz CT molecular complexity index is 1300. The van der Waals surface area contributed by atoms with Gasteiger partial charge in [0.05, 0.1) is 5.69 Å². The number of fused-ring (bicyclic) bond motifs is 6. The minimum absolute atomic E-state index is 0.132. The van der Waals surface area contributed by atoms with Crippen LogP contribution in [0.25, 0.3) is 43.6 Å². The Morgan fingerprint density at radius 3 is 1.82 bits per heavy atom. The van der Waals surface area contributed by atoms with E-state index in [0.29, 0.717) is 0 Å². The lowest BCUT2D eigenvalue weighted by Gasteiger charge is -2.20. The summed E-state index contributed by atoms with van der Waals surface area (Å²) in [7, 11) is 0. The molecule has 0 saturated carbocycles. The van der Waals surface area contributed by atoms with Gasteiger partial charge in [-0.05, 0) is 67.6 Å². The zero-order valence-corrected chi connectivity index (χ0v) is 16.5. The molecule has 0 aliphatic carbocycles. The van der Waals surface area contributed by atoms with Crippen LogP contribution in [0.1, 0.15) is 26.3 Å². The summed E-state index contributed by atoms with van der Waals surface area (Å²) in [6.07, 6.45) is 1.85. The highest BCUT2D eigenvalue weighted by Crippen LogP contribution is 2.38. The highest BCUT2D eigenvalue weighted by atomic mass is 14.7. The van der Waals surface area contributed by atoms with Gasteiger partial charge in [0.25, 0.3) is 0 Å². The van der Waals surface area contributed by atoms with Crippen LogP contribution in [0.5, 0.6) is 0 Å². The second-order valence-electron chi connectivity index (χ2n) is 8.53. The second-order valence-corrected chi connectivity index (χ2v) is 8.53. The van der Waals surface area contributed by atoms with Crippen molar-refractivity contribution in [3.05, 3.63) is 90.6 Å². The molecule has 0 amide bonds. The van der Waals surface area contributed by atoms with Gasteiger partial charge < -0.3 is 0 Å². The first-order valence-electron chi connectivity index (χ1n) is 9.82. The van der Waals surface area contributed by atoms with Crippen LogP contribution < -0.4 is 0 Å². The summed E-state index contributed by atoms with van der Waals surface area (Å²) in [4.78, 5) is 4.54. The smallest absolute Gasteiger partial charge is 0.0702 e. The maximum absolute atomic E-state index is 4.54. The molecular formula is C27H23N. The highest BCUT2D eigenvalue weighted by molar-refractivity contribution is 6.25. The summed E-state index contributed by atoms with van der Waals surface area (Å²) < 4.78 is 0. The summed E-state index contributed by atoms with van der Waals surface area (Å²) in [5.41, 5.74) is 3.67. The van der Waals surface area contributed by atoms with Crippen molar-refractivity contribution in [2.75, 3.05) is 0 Å². The van der Waals surface area contributed by atoms with Crippen molar-refractivity contribution in [2.24, 2.45) is 0 Å². The van der Waals surface area contributed by atoms with E-state index in [-0.39, 0.29) is 5.41 Å². The van der Waals surface area contributed by atoms with Crippen LogP contribution in [0.15, 0.2) is 85.1 Å². The Morgan fingerprint density at radius 1 is 0.571 bits per heavy atom. The van der Waals surface area contributed by atoms with E-state index in [9.17, 15) is 0 Å². The fourth-order valence-corrected chi connectivity index (χ4v) is 4.12. The molecule has 0 aliphatic heterocycles. The predicted molar refractivity (Wildman–Crippen MR) is 121 cm³/mol. The maximum atomic E-state index is 4.54. The predicted octanol–water partition coefficient (Wildman–Crippen LogP) is 7.51. The molecular weight excluding hydrogens is 338 g/mol. The van der Waals surface area contributed by atoms with Crippen LogP contribution in [0.2, 0.25) is 0 Å². The van der Waals surface area contributed by atoms with Gasteiger partial charge >= 0.3 is 0 Å². The lowest BCUT2D eigenvalue weighted by atomic mass is 9.84. The number of benzene rings is 4. The molecule has 0 N–H and O–H groups in total. The van der Waals surface area contributed by atoms with E-state index in [2.05, 4.69) is 92.5 Å². The summed E-state index contributed by atoms with van der Waals surface area (Å²) >= 11 is 0. The molecule has 0 saturated heterocycles. The molecule has 1 nitrogen and oxygen atoms in total. The highest BCUT2D eigenvalue weighted by Gasteiger charge is 2.16. The van der Waals surface area contributed by atoms with E-state index in [1.54, 1.807) is 0 Å². The lowest BCUT2D eigenvalue weighted by molar-refractivity contribution is 0.591. The van der Waals surface area contributed by atoms with Crippen LogP contribution in [-0.4, -0.2) is 4.98 Å². The molecule has 0 fully saturated rings. The van der Waals surface area contributed by atoms with E-state index in [0.717, 1.165) is 11.3 Å². The zero-order valence-electron chi connectivity index (χ0n) is 16.5. The minimum atomic E-state index is 0.132. The quantitative estimate of drug-likeness (QED) is 0.282. The second kappa shape index (κ2) is 6.17. The monoisotopic (exact) mass is 361 g/mol. The van der Waals surface area contributed by atoms with E-state index in [4.69, 9.17) is 0 Å². The van der Waals surface area contributed by atoms with Gasteiger partial charge in [-0.15, -0.1) is 0 Å². The Labute approximate surface area is 165 Å². The zero-order chi connectivity index (χ0) is 19.3. The third-order valence-electron chi connectivity index (χ3n) is 5.66. The molecule has 0 spiro atoms. The first-order chi connectivity index (χ1) is 13.5. The molecule has 4 aromatic carbocycles. The van der Waals surface area contributed by atoms with Crippen molar-refractivity contribution in [3.8, 4) is 11.3 Å². The standard InChI is InChI=1S/C27H23N/c1-27(2,3)19-12-14-23-22-13-11-18(26-10-6-7-15-28-26)16-24(22)20-8-4-5-9-21(20)25(23)17-19/h4-17H,1-3H3. The Kier molecular flexibility index (Phi) is 3.73. The number of hydrogen-bond acceptors (Lipinski definition) is 1. The van der Waals surface area contributed by atoms with Gasteiger partial charge in [-0.2, -0.15) is 0 Å². The van der Waals surface area contributed by atoms with Gasteiger partial charge in [-0.25, -0.2) is 0 Å². The molecule has 5 rings (SSSR count). The first-order valence-corrected chi connectivity index (χ1v) is 9.82. The van der Waals surface area contributed by atoms with Gasteiger partial charge in [-0.1, -0.05) is 75.4 Å². The maximum Gasteiger partial charge on any atom is 0.0702 e. The Balaban J connectivity index is 1.90. The van der Waals surface area contributed by atoms with Crippen LogP contribution in [-0.2, 0) is 5.41 Å². The number of rotatable bonds is 1. The van der Waals surface area contributed by atoms with Crippen molar-refractivity contribution in [1.82, 2.24) is 4.98 Å². The SMILES string of the molecule is CC(C)(C)c1ccc2c3ccc(-c4ccccn4)cc3c3ccccc3c2c1. The normalized spacial score (nSPS) is 12.1. The van der Waals surface area contributed by atoms with Crippen LogP contribution in [0.3, 0.4) is 0 Å². The minimum Gasteiger partial charge on any atom is -0.256 e. The van der Waals surface area contributed by atoms with Crippen molar-refractivity contribution in [1.29, 1.82) is 0 Å². The van der Waals surface area contributed by atoms with Gasteiger partial charge in [0.15, 0.2) is 0 Å². The van der Waals surface area contributed by atoms with E-state index in [1.165, 1.54) is 37.9 Å². The first kappa shape index (κ1) is 16.9. The average molecular weight is 361 g/mol. The molecule has 1 heterocycles. The van der Waals surface area contributed by atoms with Crippen molar-refractivity contribution < 1.29 is 0 Å². The summed E-state index contributed by atoms with van der Waals surface area (Å²) in [6, 6.07) is 28.5. The van der Waals surface area contributed by atoms with Gasteiger partial charge in [0.1, 0.15) is 0 Å². The topological polar surface area (TPSA) is 12.9 Å². The summed E-state index contributed by atoms with van der Waals surface area (Å²) in [5.74, 6) is 0.